The highest BCUT2D eigenvalue weighted by Gasteiger charge is 2.31. The van der Waals surface area contributed by atoms with E-state index in [0.717, 1.165) is 19.3 Å². The summed E-state index contributed by atoms with van der Waals surface area (Å²) in [5, 5.41) is 0. The molecule has 0 unspecified atom stereocenters. The van der Waals surface area contributed by atoms with Gasteiger partial charge in [-0.15, -0.1) is 0 Å². The van der Waals surface area contributed by atoms with Crippen LogP contribution in [0, 0.1) is 5.92 Å². The van der Waals surface area contributed by atoms with Crippen molar-refractivity contribution in [3.05, 3.63) is 0 Å². The van der Waals surface area contributed by atoms with Gasteiger partial charge in [0.05, 0.1) is 0 Å². The van der Waals surface area contributed by atoms with Gasteiger partial charge in [0.1, 0.15) is 0 Å². The Hall–Kier alpha value is 0.137. The lowest BCUT2D eigenvalue weighted by Gasteiger charge is -2.27. The topological polar surface area (TPSA) is 18.5 Å². The second-order valence-corrected chi connectivity index (χ2v) is 6.85. The Morgan fingerprint density at radius 3 is 1.75 bits per heavy atom. The highest BCUT2D eigenvalue weighted by atomic mass is 28.4. The Balaban J connectivity index is 3.98. The average molecular weight is 190 g/mol. The molecule has 0 saturated carbocycles. The largest absolute Gasteiger partial charge is 0.395 e. The Bertz CT molecular complexity index is 109. The monoisotopic (exact) mass is 190 g/mol. The fraction of sp³-hybridized carbons (Fsp3) is 1.00. The summed E-state index contributed by atoms with van der Waals surface area (Å²) in [6.45, 7) is 12.2. The maximum atomic E-state index is 5.70. The third-order valence-electron chi connectivity index (χ3n) is 1.68. The van der Waals surface area contributed by atoms with Gasteiger partial charge in [0.25, 0.3) is 0 Å². The van der Waals surface area contributed by atoms with Crippen molar-refractivity contribution in [1.29, 1.82) is 0 Å². The van der Waals surface area contributed by atoms with Crippen molar-refractivity contribution in [2.45, 2.75) is 40.3 Å². The molecule has 0 aliphatic carbocycles. The molecule has 2 nitrogen and oxygen atoms in total. The van der Waals surface area contributed by atoms with Crippen LogP contribution >= 0.6 is 0 Å². The predicted molar refractivity (Wildman–Crippen MR) is 54.5 cm³/mol. The van der Waals surface area contributed by atoms with Crippen molar-refractivity contribution in [1.82, 2.24) is 0 Å². The van der Waals surface area contributed by atoms with Crippen LogP contribution in [0.3, 0.4) is 0 Å². The smallest absolute Gasteiger partial charge is 0.335 e. The van der Waals surface area contributed by atoms with Gasteiger partial charge < -0.3 is 8.85 Å². The number of hydrogen-bond donors (Lipinski definition) is 0. The van der Waals surface area contributed by atoms with E-state index in [1.165, 1.54) is 0 Å². The van der Waals surface area contributed by atoms with Crippen molar-refractivity contribution < 1.29 is 8.85 Å². The molecule has 0 rings (SSSR count). The SMILES string of the molecule is CCO[Si](C)(CC(C)C)OCC. The van der Waals surface area contributed by atoms with Crippen molar-refractivity contribution in [3.8, 4) is 0 Å². The summed E-state index contributed by atoms with van der Waals surface area (Å²) < 4.78 is 11.4. The highest BCUT2D eigenvalue weighted by Crippen LogP contribution is 2.19. The van der Waals surface area contributed by atoms with E-state index in [1.807, 2.05) is 13.8 Å². The summed E-state index contributed by atoms with van der Waals surface area (Å²) in [5.41, 5.74) is 0. The highest BCUT2D eigenvalue weighted by molar-refractivity contribution is 6.66. The van der Waals surface area contributed by atoms with Gasteiger partial charge in [0, 0.05) is 13.2 Å². The van der Waals surface area contributed by atoms with Gasteiger partial charge in [-0.3, -0.25) is 0 Å². The van der Waals surface area contributed by atoms with Crippen molar-refractivity contribution in [3.63, 3.8) is 0 Å². The minimum atomic E-state index is -1.81. The van der Waals surface area contributed by atoms with E-state index in [1.54, 1.807) is 0 Å². The first-order chi connectivity index (χ1) is 5.54. The van der Waals surface area contributed by atoms with Crippen molar-refractivity contribution in [2.75, 3.05) is 13.2 Å². The maximum Gasteiger partial charge on any atom is 0.335 e. The van der Waals surface area contributed by atoms with Gasteiger partial charge in [-0.25, -0.2) is 0 Å². The van der Waals surface area contributed by atoms with Crippen molar-refractivity contribution >= 4 is 8.56 Å². The van der Waals surface area contributed by atoms with Crippen LogP contribution in [0.5, 0.6) is 0 Å². The summed E-state index contributed by atoms with van der Waals surface area (Å²) in [6.07, 6.45) is 0. The van der Waals surface area contributed by atoms with Crippen LogP contribution in [0.4, 0.5) is 0 Å². The van der Waals surface area contributed by atoms with Crippen molar-refractivity contribution in [2.24, 2.45) is 5.92 Å². The average Bonchev–Trinajstić information content (AvgIpc) is 1.85. The fourth-order valence-corrected chi connectivity index (χ4v) is 4.54. The lowest BCUT2D eigenvalue weighted by atomic mass is 10.3. The number of rotatable bonds is 6. The standard InChI is InChI=1S/C9H22O2Si/c1-6-10-12(5,11-7-2)8-9(3)4/h9H,6-8H2,1-5H3. The van der Waals surface area contributed by atoms with Gasteiger partial charge in [-0.2, -0.15) is 0 Å². The van der Waals surface area contributed by atoms with Crippen LogP contribution in [0.25, 0.3) is 0 Å². The van der Waals surface area contributed by atoms with Crippen LogP contribution in [-0.2, 0) is 8.85 Å². The second kappa shape index (κ2) is 5.73. The fourth-order valence-electron chi connectivity index (χ4n) is 1.51. The first-order valence-electron chi connectivity index (χ1n) is 4.82. The molecule has 0 bridgehead atoms. The molecule has 0 amide bonds. The lowest BCUT2D eigenvalue weighted by Crippen LogP contribution is -2.39. The molecular formula is C9H22O2Si. The Labute approximate surface area is 77.5 Å². The second-order valence-electron chi connectivity index (χ2n) is 3.60. The lowest BCUT2D eigenvalue weighted by molar-refractivity contribution is 0.185. The molecule has 0 heterocycles. The molecule has 0 aromatic carbocycles. The third kappa shape index (κ3) is 4.90. The molecule has 0 aromatic rings. The van der Waals surface area contributed by atoms with Gasteiger partial charge in [-0.1, -0.05) is 13.8 Å². The molecule has 12 heavy (non-hydrogen) atoms. The van der Waals surface area contributed by atoms with E-state index in [0.29, 0.717) is 5.92 Å². The quantitative estimate of drug-likeness (QED) is 0.600. The predicted octanol–water partition coefficient (Wildman–Crippen LogP) is 2.79. The number of hydrogen-bond acceptors (Lipinski definition) is 2. The van der Waals surface area contributed by atoms with E-state index < -0.39 is 8.56 Å². The molecular weight excluding hydrogens is 168 g/mol. The summed E-state index contributed by atoms with van der Waals surface area (Å²) in [5.74, 6) is 0.666. The van der Waals surface area contributed by atoms with Gasteiger partial charge in [0.15, 0.2) is 0 Å². The van der Waals surface area contributed by atoms with Crippen LogP contribution in [0.1, 0.15) is 27.7 Å². The van der Waals surface area contributed by atoms with E-state index in [4.69, 9.17) is 8.85 Å². The Morgan fingerprint density at radius 2 is 1.50 bits per heavy atom. The molecule has 0 aromatic heterocycles. The Kier molecular flexibility index (Phi) is 5.79. The normalized spacial score (nSPS) is 12.5. The van der Waals surface area contributed by atoms with Crippen LogP contribution < -0.4 is 0 Å². The van der Waals surface area contributed by atoms with Crippen LogP contribution in [0.15, 0.2) is 0 Å². The van der Waals surface area contributed by atoms with Gasteiger partial charge in [-0.05, 0) is 32.4 Å². The molecule has 0 aliphatic heterocycles. The summed E-state index contributed by atoms with van der Waals surface area (Å²) in [4.78, 5) is 0. The van der Waals surface area contributed by atoms with E-state index in [9.17, 15) is 0 Å². The molecule has 0 atom stereocenters. The minimum Gasteiger partial charge on any atom is -0.395 e. The van der Waals surface area contributed by atoms with E-state index in [-0.39, 0.29) is 0 Å². The third-order valence-corrected chi connectivity index (χ3v) is 5.04. The molecule has 0 fully saturated rings. The maximum absolute atomic E-state index is 5.70. The summed E-state index contributed by atoms with van der Waals surface area (Å²) >= 11 is 0. The zero-order chi connectivity index (χ0) is 9.61. The first kappa shape index (κ1) is 12.1. The molecule has 0 radical (unpaired) electrons. The zero-order valence-electron chi connectivity index (χ0n) is 9.02. The van der Waals surface area contributed by atoms with E-state index >= 15 is 0 Å². The minimum absolute atomic E-state index is 0.666. The molecule has 0 spiro atoms. The molecule has 0 aliphatic rings. The summed E-state index contributed by atoms with van der Waals surface area (Å²) in [7, 11) is -1.81. The van der Waals surface area contributed by atoms with Gasteiger partial charge >= 0.3 is 8.56 Å². The Morgan fingerprint density at radius 1 is 1.08 bits per heavy atom. The van der Waals surface area contributed by atoms with Crippen LogP contribution in [-0.4, -0.2) is 21.8 Å². The molecule has 0 saturated heterocycles. The molecule has 3 heteroatoms. The first-order valence-corrected chi connectivity index (χ1v) is 7.34. The summed E-state index contributed by atoms with van der Waals surface area (Å²) in [6, 6.07) is 1.09. The van der Waals surface area contributed by atoms with E-state index in [2.05, 4.69) is 20.4 Å². The zero-order valence-corrected chi connectivity index (χ0v) is 10.0. The molecule has 0 N–H and O–H groups in total. The van der Waals surface area contributed by atoms with Crippen LogP contribution in [0.2, 0.25) is 12.6 Å². The molecule has 74 valence electrons. The van der Waals surface area contributed by atoms with Gasteiger partial charge in [0.2, 0.25) is 0 Å².